The fraction of sp³-hybridized carbons (Fsp3) is 0.286. The van der Waals surface area contributed by atoms with Crippen molar-refractivity contribution in [2.75, 3.05) is 7.11 Å². The zero-order valence-corrected chi connectivity index (χ0v) is 10.6. The fourth-order valence-electron chi connectivity index (χ4n) is 2.11. The normalized spacial score (nSPS) is 10.6. The van der Waals surface area contributed by atoms with Crippen LogP contribution in [0.15, 0.2) is 24.3 Å². The van der Waals surface area contributed by atoms with Gasteiger partial charge in [0.05, 0.1) is 12.6 Å². The molecule has 4 heteroatoms. The van der Waals surface area contributed by atoms with Gasteiger partial charge in [-0.3, -0.25) is 9.78 Å². The first-order valence-electron chi connectivity index (χ1n) is 5.83. The smallest absolute Gasteiger partial charge is 0.217 e. The summed E-state index contributed by atoms with van der Waals surface area (Å²) in [5.74, 6) is 0.479. The van der Waals surface area contributed by atoms with E-state index in [1.807, 2.05) is 31.2 Å². The predicted octanol–water partition coefficient (Wildman–Crippen LogP) is 1.97. The number of aromatic nitrogens is 1. The maximum Gasteiger partial charge on any atom is 0.217 e. The number of aryl methyl sites for hydroxylation is 2. The number of nitrogens with two attached hydrogens (primary N) is 1. The topological polar surface area (TPSA) is 65.2 Å². The van der Waals surface area contributed by atoms with E-state index in [4.69, 9.17) is 10.5 Å². The second-order valence-corrected chi connectivity index (χ2v) is 4.24. The lowest BCUT2D eigenvalue weighted by Gasteiger charge is -2.11. The molecule has 94 valence electrons. The van der Waals surface area contributed by atoms with Crippen molar-refractivity contribution < 1.29 is 9.53 Å². The van der Waals surface area contributed by atoms with Gasteiger partial charge in [0, 0.05) is 17.5 Å². The van der Waals surface area contributed by atoms with Crippen LogP contribution in [-0.4, -0.2) is 18.0 Å². The Bertz CT molecular complexity index is 594. The largest absolute Gasteiger partial charge is 0.496 e. The standard InChI is InChI=1S/C14H16N2O2/c1-9-8-10(6-7-13(15)17)14-11(16-9)4-3-5-12(14)18-2/h3-5,8H,6-7H2,1-2H3,(H2,15,17). The predicted molar refractivity (Wildman–Crippen MR) is 70.5 cm³/mol. The molecule has 2 N–H and O–H groups in total. The van der Waals surface area contributed by atoms with Crippen LogP contribution >= 0.6 is 0 Å². The van der Waals surface area contributed by atoms with E-state index in [2.05, 4.69) is 4.98 Å². The second-order valence-electron chi connectivity index (χ2n) is 4.24. The second kappa shape index (κ2) is 5.04. The third-order valence-corrected chi connectivity index (χ3v) is 2.87. The van der Waals surface area contributed by atoms with Crippen molar-refractivity contribution in [1.82, 2.24) is 4.98 Å². The molecule has 0 fully saturated rings. The Kier molecular flexibility index (Phi) is 3.46. The molecule has 0 bridgehead atoms. The number of primary amides is 1. The van der Waals surface area contributed by atoms with Crippen LogP contribution in [0.25, 0.3) is 10.9 Å². The molecule has 0 radical (unpaired) electrons. The monoisotopic (exact) mass is 244 g/mol. The summed E-state index contributed by atoms with van der Waals surface area (Å²) in [4.78, 5) is 15.4. The molecule has 18 heavy (non-hydrogen) atoms. The minimum absolute atomic E-state index is 0.299. The number of carbonyl (C=O) groups is 1. The van der Waals surface area contributed by atoms with Crippen molar-refractivity contribution in [3.63, 3.8) is 0 Å². The Morgan fingerprint density at radius 3 is 2.89 bits per heavy atom. The van der Waals surface area contributed by atoms with Crippen molar-refractivity contribution in [2.24, 2.45) is 5.73 Å². The molecule has 2 aromatic rings. The summed E-state index contributed by atoms with van der Waals surface area (Å²) in [5.41, 5.74) is 8.07. The van der Waals surface area contributed by atoms with Gasteiger partial charge in [-0.25, -0.2) is 0 Å². The molecule has 1 heterocycles. The maximum absolute atomic E-state index is 10.9. The van der Waals surface area contributed by atoms with Crippen LogP contribution in [0.2, 0.25) is 0 Å². The number of benzene rings is 1. The lowest BCUT2D eigenvalue weighted by Crippen LogP contribution is -2.11. The number of ether oxygens (including phenoxy) is 1. The molecule has 2 rings (SSSR count). The molecule has 0 saturated carbocycles. The Balaban J connectivity index is 2.58. The molecule has 0 unspecified atom stereocenters. The number of nitrogens with zero attached hydrogens (tertiary/aromatic N) is 1. The van der Waals surface area contributed by atoms with Gasteiger partial charge in [0.15, 0.2) is 0 Å². The number of methoxy groups -OCH3 is 1. The van der Waals surface area contributed by atoms with E-state index >= 15 is 0 Å². The number of pyridine rings is 1. The van der Waals surface area contributed by atoms with Crippen LogP contribution < -0.4 is 10.5 Å². The minimum atomic E-state index is -0.299. The zero-order chi connectivity index (χ0) is 13.1. The van der Waals surface area contributed by atoms with Crippen molar-refractivity contribution in [2.45, 2.75) is 19.8 Å². The molecule has 0 spiro atoms. The summed E-state index contributed by atoms with van der Waals surface area (Å²) < 4.78 is 5.36. The van der Waals surface area contributed by atoms with Crippen LogP contribution in [0, 0.1) is 6.92 Å². The summed E-state index contributed by atoms with van der Waals surface area (Å²) in [7, 11) is 1.63. The van der Waals surface area contributed by atoms with Gasteiger partial charge in [-0.15, -0.1) is 0 Å². The van der Waals surface area contributed by atoms with Crippen LogP contribution in [0.4, 0.5) is 0 Å². The summed E-state index contributed by atoms with van der Waals surface area (Å²) in [6.45, 7) is 1.94. The summed E-state index contributed by atoms with van der Waals surface area (Å²) in [6, 6.07) is 7.73. The molecule has 1 amide bonds. The summed E-state index contributed by atoms with van der Waals surface area (Å²) in [6.07, 6.45) is 0.937. The van der Waals surface area contributed by atoms with Crippen LogP contribution in [0.5, 0.6) is 5.75 Å². The van der Waals surface area contributed by atoms with Gasteiger partial charge in [0.25, 0.3) is 0 Å². The maximum atomic E-state index is 10.9. The first-order chi connectivity index (χ1) is 8.61. The van der Waals surface area contributed by atoms with E-state index < -0.39 is 0 Å². The first-order valence-corrected chi connectivity index (χ1v) is 5.83. The molecule has 1 aromatic heterocycles. The molecule has 4 nitrogen and oxygen atoms in total. The van der Waals surface area contributed by atoms with Gasteiger partial charge in [-0.2, -0.15) is 0 Å². The number of carbonyl (C=O) groups excluding carboxylic acids is 1. The first kappa shape index (κ1) is 12.4. The summed E-state index contributed by atoms with van der Waals surface area (Å²) >= 11 is 0. The average molecular weight is 244 g/mol. The molecule has 0 saturated heterocycles. The van der Waals surface area contributed by atoms with Crippen molar-refractivity contribution >= 4 is 16.8 Å². The molecular weight excluding hydrogens is 228 g/mol. The van der Waals surface area contributed by atoms with Crippen molar-refractivity contribution in [3.05, 3.63) is 35.5 Å². The van der Waals surface area contributed by atoms with Crippen molar-refractivity contribution in [1.29, 1.82) is 0 Å². The lowest BCUT2D eigenvalue weighted by molar-refractivity contribution is -0.117. The van der Waals surface area contributed by atoms with Crippen LogP contribution in [0.1, 0.15) is 17.7 Å². The third-order valence-electron chi connectivity index (χ3n) is 2.87. The number of rotatable bonds is 4. The molecule has 0 aliphatic carbocycles. The number of amides is 1. The quantitative estimate of drug-likeness (QED) is 0.894. The molecular formula is C14H16N2O2. The third kappa shape index (κ3) is 2.42. The van der Waals surface area contributed by atoms with Gasteiger partial charge < -0.3 is 10.5 Å². The van der Waals surface area contributed by atoms with E-state index in [-0.39, 0.29) is 5.91 Å². The van der Waals surface area contributed by atoms with Crippen LogP contribution in [0.3, 0.4) is 0 Å². The highest BCUT2D eigenvalue weighted by Crippen LogP contribution is 2.29. The Morgan fingerprint density at radius 2 is 2.22 bits per heavy atom. The highest BCUT2D eigenvalue weighted by molar-refractivity contribution is 5.89. The SMILES string of the molecule is COc1cccc2nc(C)cc(CCC(N)=O)c12. The minimum Gasteiger partial charge on any atom is -0.496 e. The molecule has 0 aliphatic rings. The van der Waals surface area contributed by atoms with E-state index in [0.717, 1.165) is 27.9 Å². The van der Waals surface area contributed by atoms with Crippen LogP contribution in [-0.2, 0) is 11.2 Å². The fourth-order valence-corrected chi connectivity index (χ4v) is 2.11. The van der Waals surface area contributed by atoms with E-state index in [1.165, 1.54) is 0 Å². The highest BCUT2D eigenvalue weighted by atomic mass is 16.5. The number of hydrogen-bond donors (Lipinski definition) is 1. The average Bonchev–Trinajstić information content (AvgIpc) is 2.34. The zero-order valence-electron chi connectivity index (χ0n) is 10.6. The van der Waals surface area contributed by atoms with E-state index in [1.54, 1.807) is 7.11 Å². The van der Waals surface area contributed by atoms with Gasteiger partial charge in [0.2, 0.25) is 5.91 Å². The molecule has 0 atom stereocenters. The van der Waals surface area contributed by atoms with Gasteiger partial charge >= 0.3 is 0 Å². The van der Waals surface area contributed by atoms with Gasteiger partial charge in [0.1, 0.15) is 5.75 Å². The molecule has 1 aromatic carbocycles. The lowest BCUT2D eigenvalue weighted by atomic mass is 10.0. The molecule has 0 aliphatic heterocycles. The van der Waals surface area contributed by atoms with E-state index in [9.17, 15) is 4.79 Å². The van der Waals surface area contributed by atoms with Gasteiger partial charge in [-0.1, -0.05) is 6.07 Å². The number of fused-ring (bicyclic) bond motifs is 1. The highest BCUT2D eigenvalue weighted by Gasteiger charge is 2.10. The summed E-state index contributed by atoms with van der Waals surface area (Å²) in [5, 5.41) is 0.965. The van der Waals surface area contributed by atoms with E-state index in [0.29, 0.717) is 12.8 Å². The van der Waals surface area contributed by atoms with Gasteiger partial charge in [-0.05, 0) is 37.1 Å². The Labute approximate surface area is 106 Å². The van der Waals surface area contributed by atoms with Crippen molar-refractivity contribution in [3.8, 4) is 5.75 Å². The number of hydrogen-bond acceptors (Lipinski definition) is 3. The Morgan fingerprint density at radius 1 is 1.44 bits per heavy atom. The Hall–Kier alpha value is -2.10.